The molecule has 1 saturated heterocycles. The van der Waals surface area contributed by atoms with Gasteiger partial charge in [-0.2, -0.15) is 0 Å². The molecule has 1 aromatic rings. The van der Waals surface area contributed by atoms with Crippen LogP contribution in [0.15, 0.2) is 18.2 Å². The molecule has 1 aromatic carbocycles. The van der Waals surface area contributed by atoms with E-state index in [0.29, 0.717) is 6.04 Å². The second kappa shape index (κ2) is 6.30. The van der Waals surface area contributed by atoms with Gasteiger partial charge in [-0.25, -0.2) is 4.39 Å². The number of halogens is 1. The van der Waals surface area contributed by atoms with Gasteiger partial charge >= 0.3 is 0 Å². The van der Waals surface area contributed by atoms with E-state index in [1.165, 1.54) is 11.1 Å². The van der Waals surface area contributed by atoms with E-state index in [0.717, 1.165) is 39.0 Å². The zero-order chi connectivity index (χ0) is 13.0. The molecule has 1 N–H and O–H groups in total. The van der Waals surface area contributed by atoms with Crippen molar-refractivity contribution in [1.29, 1.82) is 0 Å². The molecule has 0 bridgehead atoms. The number of aryl methyl sites for hydroxylation is 1. The molecule has 1 heterocycles. The molecule has 0 radical (unpaired) electrons. The Bertz CT molecular complexity index is 386. The molecule has 0 spiro atoms. The van der Waals surface area contributed by atoms with E-state index in [1.54, 1.807) is 12.1 Å². The second-order valence-corrected chi connectivity index (χ2v) is 5.09. The van der Waals surface area contributed by atoms with Crippen LogP contribution < -0.4 is 5.32 Å². The lowest BCUT2D eigenvalue weighted by Crippen LogP contribution is -2.45. The van der Waals surface area contributed by atoms with Gasteiger partial charge in [0, 0.05) is 32.2 Å². The average Bonchev–Trinajstić information content (AvgIpc) is 2.40. The van der Waals surface area contributed by atoms with Crippen molar-refractivity contribution in [2.24, 2.45) is 0 Å². The van der Waals surface area contributed by atoms with Gasteiger partial charge in [0.05, 0.1) is 0 Å². The highest BCUT2D eigenvalue weighted by atomic mass is 19.1. The highest BCUT2D eigenvalue weighted by molar-refractivity contribution is 5.29. The minimum absolute atomic E-state index is 0.119. The summed E-state index contributed by atoms with van der Waals surface area (Å²) >= 11 is 0. The lowest BCUT2D eigenvalue weighted by molar-refractivity contribution is 0.164. The van der Waals surface area contributed by atoms with Crippen LogP contribution in [-0.4, -0.2) is 31.1 Å². The van der Waals surface area contributed by atoms with Crippen LogP contribution in [0.1, 0.15) is 36.9 Å². The molecule has 0 aliphatic carbocycles. The lowest BCUT2D eigenvalue weighted by atomic mass is 9.95. The summed E-state index contributed by atoms with van der Waals surface area (Å²) < 4.78 is 13.5. The summed E-state index contributed by atoms with van der Waals surface area (Å²) in [5, 5.41) is 3.37. The van der Waals surface area contributed by atoms with Gasteiger partial charge in [-0.3, -0.25) is 4.90 Å². The molecule has 2 nitrogen and oxygen atoms in total. The molecule has 18 heavy (non-hydrogen) atoms. The van der Waals surface area contributed by atoms with Crippen molar-refractivity contribution in [1.82, 2.24) is 10.2 Å². The Kier molecular flexibility index (Phi) is 4.72. The Morgan fingerprint density at radius 3 is 2.72 bits per heavy atom. The summed E-state index contributed by atoms with van der Waals surface area (Å²) in [6, 6.07) is 5.54. The molecule has 3 heteroatoms. The summed E-state index contributed by atoms with van der Waals surface area (Å²) in [5.74, 6) is -0.119. The maximum Gasteiger partial charge on any atom is 0.123 e. The third kappa shape index (κ3) is 3.09. The fraction of sp³-hybridized carbons (Fsp3) is 0.600. The molecule has 1 fully saturated rings. The van der Waals surface area contributed by atoms with Gasteiger partial charge in [-0.05, 0) is 36.6 Å². The van der Waals surface area contributed by atoms with Crippen molar-refractivity contribution < 1.29 is 4.39 Å². The molecule has 0 amide bonds. The van der Waals surface area contributed by atoms with E-state index in [9.17, 15) is 4.39 Å². The Labute approximate surface area is 109 Å². The second-order valence-electron chi connectivity index (χ2n) is 5.09. The van der Waals surface area contributed by atoms with Crippen molar-refractivity contribution in [2.45, 2.75) is 32.7 Å². The van der Waals surface area contributed by atoms with E-state index < -0.39 is 0 Å². The number of hydrogen-bond acceptors (Lipinski definition) is 2. The molecule has 0 saturated carbocycles. The minimum atomic E-state index is -0.119. The highest BCUT2D eigenvalue weighted by Crippen LogP contribution is 2.29. The van der Waals surface area contributed by atoms with E-state index >= 15 is 0 Å². The lowest BCUT2D eigenvalue weighted by Gasteiger charge is -2.36. The predicted octanol–water partition coefficient (Wildman–Crippen LogP) is 2.88. The zero-order valence-corrected chi connectivity index (χ0v) is 11.4. The number of hydrogen-bond donors (Lipinski definition) is 1. The molecular weight excluding hydrogens is 227 g/mol. The number of benzene rings is 1. The van der Waals surface area contributed by atoms with Crippen LogP contribution in [0.3, 0.4) is 0 Å². The molecule has 0 unspecified atom stereocenters. The van der Waals surface area contributed by atoms with Gasteiger partial charge in [0.1, 0.15) is 5.82 Å². The standard InChI is InChI=1S/C15H23FN2/c1-3-4-15(18-9-7-17-8-10-18)14-11-13(16)6-5-12(14)2/h5-6,11,15,17H,3-4,7-10H2,1-2H3/t15-/m1/s1. The van der Waals surface area contributed by atoms with Gasteiger partial charge < -0.3 is 5.32 Å². The largest absolute Gasteiger partial charge is 0.314 e. The average molecular weight is 250 g/mol. The first-order chi connectivity index (χ1) is 8.72. The van der Waals surface area contributed by atoms with Crippen LogP contribution in [0.25, 0.3) is 0 Å². The smallest absolute Gasteiger partial charge is 0.123 e. The Hall–Kier alpha value is -0.930. The quantitative estimate of drug-likeness (QED) is 0.884. The van der Waals surface area contributed by atoms with Gasteiger partial charge in [-0.1, -0.05) is 19.4 Å². The Morgan fingerprint density at radius 2 is 2.06 bits per heavy atom. The first kappa shape index (κ1) is 13.5. The maximum absolute atomic E-state index is 13.5. The monoisotopic (exact) mass is 250 g/mol. The molecule has 1 aliphatic heterocycles. The van der Waals surface area contributed by atoms with Crippen LogP contribution in [0.5, 0.6) is 0 Å². The Morgan fingerprint density at radius 1 is 1.33 bits per heavy atom. The van der Waals surface area contributed by atoms with Crippen LogP contribution in [0, 0.1) is 12.7 Å². The van der Waals surface area contributed by atoms with Crippen LogP contribution in [0.4, 0.5) is 4.39 Å². The first-order valence-corrected chi connectivity index (χ1v) is 6.93. The van der Waals surface area contributed by atoms with Crippen LogP contribution in [-0.2, 0) is 0 Å². The van der Waals surface area contributed by atoms with E-state index in [1.807, 2.05) is 6.07 Å². The van der Waals surface area contributed by atoms with E-state index in [-0.39, 0.29) is 5.82 Å². The van der Waals surface area contributed by atoms with Crippen molar-refractivity contribution >= 4 is 0 Å². The molecule has 1 aliphatic rings. The third-order valence-corrected chi connectivity index (χ3v) is 3.75. The number of rotatable bonds is 4. The zero-order valence-electron chi connectivity index (χ0n) is 11.4. The van der Waals surface area contributed by atoms with Crippen molar-refractivity contribution in [3.8, 4) is 0 Å². The fourth-order valence-electron chi connectivity index (χ4n) is 2.77. The molecule has 0 aromatic heterocycles. The summed E-state index contributed by atoms with van der Waals surface area (Å²) in [4.78, 5) is 2.49. The molecule has 2 rings (SSSR count). The predicted molar refractivity (Wildman–Crippen MR) is 73.2 cm³/mol. The number of nitrogens with zero attached hydrogens (tertiary/aromatic N) is 1. The van der Waals surface area contributed by atoms with E-state index in [4.69, 9.17) is 0 Å². The molecule has 100 valence electrons. The van der Waals surface area contributed by atoms with Crippen molar-refractivity contribution in [3.05, 3.63) is 35.1 Å². The van der Waals surface area contributed by atoms with Crippen LogP contribution >= 0.6 is 0 Å². The number of nitrogens with one attached hydrogen (secondary N) is 1. The topological polar surface area (TPSA) is 15.3 Å². The van der Waals surface area contributed by atoms with Gasteiger partial charge in [0.15, 0.2) is 0 Å². The van der Waals surface area contributed by atoms with Gasteiger partial charge in [-0.15, -0.1) is 0 Å². The summed E-state index contributed by atoms with van der Waals surface area (Å²) in [5.41, 5.74) is 2.37. The van der Waals surface area contributed by atoms with Gasteiger partial charge in [0.2, 0.25) is 0 Å². The first-order valence-electron chi connectivity index (χ1n) is 6.93. The van der Waals surface area contributed by atoms with Crippen molar-refractivity contribution in [2.75, 3.05) is 26.2 Å². The van der Waals surface area contributed by atoms with Gasteiger partial charge in [0.25, 0.3) is 0 Å². The summed E-state index contributed by atoms with van der Waals surface area (Å²) in [6.07, 6.45) is 2.23. The highest BCUT2D eigenvalue weighted by Gasteiger charge is 2.22. The normalized spacial score (nSPS) is 18.8. The molecular formula is C15H23FN2. The maximum atomic E-state index is 13.5. The summed E-state index contributed by atoms with van der Waals surface area (Å²) in [6.45, 7) is 8.47. The van der Waals surface area contributed by atoms with Crippen LogP contribution in [0.2, 0.25) is 0 Å². The van der Waals surface area contributed by atoms with Crippen molar-refractivity contribution in [3.63, 3.8) is 0 Å². The number of piperazine rings is 1. The fourth-order valence-corrected chi connectivity index (χ4v) is 2.77. The Balaban J connectivity index is 2.24. The minimum Gasteiger partial charge on any atom is -0.314 e. The van der Waals surface area contributed by atoms with E-state index in [2.05, 4.69) is 24.1 Å². The third-order valence-electron chi connectivity index (χ3n) is 3.75. The SMILES string of the molecule is CCC[C@H](c1cc(F)ccc1C)N1CCNCC1. The summed E-state index contributed by atoms with van der Waals surface area (Å²) in [7, 11) is 0. The molecule has 1 atom stereocenters.